The first-order chi connectivity index (χ1) is 15.3. The number of imidazole rings is 1. The zero-order valence-corrected chi connectivity index (χ0v) is 18.6. The van der Waals surface area contributed by atoms with Crippen molar-refractivity contribution in [2.75, 3.05) is 25.5 Å². The molecule has 0 spiro atoms. The van der Waals surface area contributed by atoms with E-state index in [2.05, 4.69) is 16.0 Å². The van der Waals surface area contributed by atoms with E-state index in [-0.39, 0.29) is 24.3 Å². The summed E-state index contributed by atoms with van der Waals surface area (Å²) in [5, 5.41) is 8.20. The predicted molar refractivity (Wildman–Crippen MR) is 123 cm³/mol. The van der Waals surface area contributed by atoms with Gasteiger partial charge in [0.15, 0.2) is 0 Å². The highest BCUT2D eigenvalue weighted by molar-refractivity contribution is 6.08. The first kappa shape index (κ1) is 22.8. The topological polar surface area (TPSA) is 114 Å². The molecule has 3 rings (SSSR count). The molecule has 168 valence electrons. The van der Waals surface area contributed by atoms with E-state index in [9.17, 15) is 14.4 Å². The van der Waals surface area contributed by atoms with Crippen LogP contribution >= 0.6 is 0 Å². The minimum Gasteiger partial charge on any atom is -0.497 e. The maximum atomic E-state index is 13.1. The van der Waals surface area contributed by atoms with Gasteiger partial charge < -0.3 is 25.3 Å². The van der Waals surface area contributed by atoms with E-state index in [0.29, 0.717) is 46.9 Å². The number of rotatable bonds is 8. The molecular formula is C23H27N5O4. The highest BCUT2D eigenvalue weighted by Gasteiger charge is 2.20. The molecular weight excluding hydrogens is 410 g/mol. The Labute approximate surface area is 186 Å². The molecule has 3 amide bonds. The fraction of sp³-hybridized carbons (Fsp3) is 0.304. The van der Waals surface area contributed by atoms with Gasteiger partial charge in [-0.15, -0.1) is 0 Å². The van der Waals surface area contributed by atoms with E-state index in [0.717, 1.165) is 5.56 Å². The van der Waals surface area contributed by atoms with Gasteiger partial charge in [0.05, 0.1) is 23.7 Å². The smallest absolute Gasteiger partial charge is 0.253 e. The van der Waals surface area contributed by atoms with Crippen LogP contribution in [0.5, 0.6) is 5.75 Å². The third-order valence-corrected chi connectivity index (χ3v) is 4.84. The van der Waals surface area contributed by atoms with Crippen LogP contribution in [0.4, 0.5) is 5.69 Å². The zero-order chi connectivity index (χ0) is 23.3. The summed E-state index contributed by atoms with van der Waals surface area (Å²) in [6, 6.07) is 10.9. The fourth-order valence-electron chi connectivity index (χ4n) is 3.52. The van der Waals surface area contributed by atoms with Crippen LogP contribution in [-0.4, -0.2) is 47.5 Å². The van der Waals surface area contributed by atoms with Crippen molar-refractivity contribution in [2.45, 2.75) is 27.3 Å². The maximum absolute atomic E-state index is 13.1. The lowest BCUT2D eigenvalue weighted by atomic mass is 10.1. The monoisotopic (exact) mass is 437 g/mol. The Bertz CT molecular complexity index is 1170. The maximum Gasteiger partial charge on any atom is 0.253 e. The molecule has 9 nitrogen and oxygen atoms in total. The summed E-state index contributed by atoms with van der Waals surface area (Å²) in [5.41, 5.74) is 2.97. The van der Waals surface area contributed by atoms with Gasteiger partial charge in [-0.05, 0) is 31.2 Å². The SMILES string of the molecule is CCn1c(-c2cccc(OC)c2)nc2cc(NC(C)=O)cc(C(=O)NCCNC(C)=O)c21. The van der Waals surface area contributed by atoms with Gasteiger partial charge >= 0.3 is 0 Å². The third-order valence-electron chi connectivity index (χ3n) is 4.84. The van der Waals surface area contributed by atoms with Gasteiger partial charge in [0, 0.05) is 44.7 Å². The first-order valence-electron chi connectivity index (χ1n) is 10.3. The average Bonchev–Trinajstić information content (AvgIpc) is 3.14. The number of carbonyl (C=O) groups is 3. The standard InChI is InChI=1S/C23H27N5O4/c1-5-28-21-19(23(31)25-10-9-24-14(2)29)12-17(26-15(3)30)13-20(21)27-22(28)16-7-6-8-18(11-16)32-4/h6-8,11-13H,5,9-10H2,1-4H3,(H,24,29)(H,25,31)(H,26,30). The lowest BCUT2D eigenvalue weighted by molar-refractivity contribution is -0.119. The van der Waals surface area contributed by atoms with Crippen LogP contribution in [0.2, 0.25) is 0 Å². The number of amides is 3. The molecule has 0 fully saturated rings. The molecule has 0 atom stereocenters. The van der Waals surface area contributed by atoms with E-state index < -0.39 is 0 Å². The van der Waals surface area contributed by atoms with Crippen LogP contribution in [0, 0.1) is 0 Å². The molecule has 2 aromatic carbocycles. The van der Waals surface area contributed by atoms with Crippen molar-refractivity contribution in [1.29, 1.82) is 0 Å². The average molecular weight is 438 g/mol. The van der Waals surface area contributed by atoms with Crippen LogP contribution in [0.25, 0.3) is 22.4 Å². The number of fused-ring (bicyclic) bond motifs is 1. The number of hydrogen-bond acceptors (Lipinski definition) is 5. The minimum absolute atomic E-state index is 0.165. The number of carbonyl (C=O) groups excluding carboxylic acids is 3. The number of aromatic nitrogens is 2. The Balaban J connectivity index is 2.11. The van der Waals surface area contributed by atoms with Crippen molar-refractivity contribution in [2.24, 2.45) is 0 Å². The molecule has 3 aromatic rings. The Hall–Kier alpha value is -3.88. The summed E-state index contributed by atoms with van der Waals surface area (Å²) >= 11 is 0. The van der Waals surface area contributed by atoms with Crippen LogP contribution in [0.3, 0.4) is 0 Å². The number of nitrogens with one attached hydrogen (secondary N) is 3. The number of nitrogens with zero attached hydrogens (tertiary/aromatic N) is 2. The molecule has 0 aliphatic carbocycles. The van der Waals surface area contributed by atoms with Crippen LogP contribution < -0.4 is 20.7 Å². The van der Waals surface area contributed by atoms with Gasteiger partial charge in [-0.3, -0.25) is 14.4 Å². The fourth-order valence-corrected chi connectivity index (χ4v) is 3.52. The molecule has 1 heterocycles. The second-order valence-corrected chi connectivity index (χ2v) is 7.22. The van der Waals surface area contributed by atoms with Gasteiger partial charge in [0.1, 0.15) is 11.6 Å². The number of hydrogen-bond donors (Lipinski definition) is 3. The molecule has 32 heavy (non-hydrogen) atoms. The van der Waals surface area contributed by atoms with Crippen LogP contribution in [-0.2, 0) is 16.1 Å². The molecule has 0 saturated carbocycles. The Morgan fingerprint density at radius 3 is 2.44 bits per heavy atom. The molecule has 0 saturated heterocycles. The van der Waals surface area contributed by atoms with Gasteiger partial charge in [-0.25, -0.2) is 4.98 Å². The molecule has 0 bridgehead atoms. The van der Waals surface area contributed by atoms with Crippen molar-refractivity contribution < 1.29 is 19.1 Å². The normalized spacial score (nSPS) is 10.6. The quantitative estimate of drug-likeness (QED) is 0.469. The van der Waals surface area contributed by atoms with Crippen molar-refractivity contribution >= 4 is 34.4 Å². The third kappa shape index (κ3) is 5.05. The summed E-state index contributed by atoms with van der Waals surface area (Å²) in [7, 11) is 1.60. The summed E-state index contributed by atoms with van der Waals surface area (Å²) in [6.07, 6.45) is 0. The molecule has 9 heteroatoms. The lowest BCUT2D eigenvalue weighted by Crippen LogP contribution is -2.33. The van der Waals surface area contributed by atoms with Crippen LogP contribution in [0.15, 0.2) is 36.4 Å². The van der Waals surface area contributed by atoms with Crippen molar-refractivity contribution in [1.82, 2.24) is 20.2 Å². The van der Waals surface area contributed by atoms with E-state index >= 15 is 0 Å². The predicted octanol–water partition coefficient (Wildman–Crippen LogP) is 2.56. The van der Waals surface area contributed by atoms with E-state index in [1.54, 1.807) is 19.2 Å². The van der Waals surface area contributed by atoms with Gasteiger partial charge in [-0.2, -0.15) is 0 Å². The van der Waals surface area contributed by atoms with Crippen LogP contribution in [0.1, 0.15) is 31.1 Å². The van der Waals surface area contributed by atoms with Crippen molar-refractivity contribution in [3.8, 4) is 17.1 Å². The Morgan fingerprint density at radius 1 is 1.03 bits per heavy atom. The van der Waals surface area contributed by atoms with Crippen molar-refractivity contribution in [3.05, 3.63) is 42.0 Å². The van der Waals surface area contributed by atoms with Crippen molar-refractivity contribution in [3.63, 3.8) is 0 Å². The second-order valence-electron chi connectivity index (χ2n) is 7.22. The van der Waals surface area contributed by atoms with Gasteiger partial charge in [0.2, 0.25) is 11.8 Å². The summed E-state index contributed by atoms with van der Waals surface area (Å²) in [6.45, 7) is 5.97. The number of aryl methyl sites for hydroxylation is 1. The summed E-state index contributed by atoms with van der Waals surface area (Å²) < 4.78 is 7.30. The van der Waals surface area contributed by atoms with E-state index in [1.807, 2.05) is 35.8 Å². The molecule has 0 aliphatic heterocycles. The number of anilines is 1. The minimum atomic E-state index is -0.320. The second kappa shape index (κ2) is 9.95. The lowest BCUT2D eigenvalue weighted by Gasteiger charge is -2.12. The Morgan fingerprint density at radius 2 is 1.78 bits per heavy atom. The number of methoxy groups -OCH3 is 1. The molecule has 0 aliphatic rings. The van der Waals surface area contributed by atoms with Gasteiger partial charge in [-0.1, -0.05) is 12.1 Å². The zero-order valence-electron chi connectivity index (χ0n) is 18.6. The molecule has 0 radical (unpaired) electrons. The highest BCUT2D eigenvalue weighted by atomic mass is 16.5. The summed E-state index contributed by atoms with van der Waals surface area (Å²) in [4.78, 5) is 40.5. The molecule has 3 N–H and O–H groups in total. The van der Waals surface area contributed by atoms with Gasteiger partial charge in [0.25, 0.3) is 5.91 Å². The number of benzene rings is 2. The highest BCUT2D eigenvalue weighted by Crippen LogP contribution is 2.31. The van der Waals surface area contributed by atoms with E-state index in [4.69, 9.17) is 9.72 Å². The largest absolute Gasteiger partial charge is 0.497 e. The molecule has 0 unspecified atom stereocenters. The number of ether oxygens (including phenoxy) is 1. The Kier molecular flexibility index (Phi) is 7.09. The molecule has 1 aromatic heterocycles. The summed E-state index contributed by atoms with van der Waals surface area (Å²) in [5.74, 6) is 0.658. The van der Waals surface area contributed by atoms with E-state index in [1.165, 1.54) is 13.8 Å². The first-order valence-corrected chi connectivity index (χ1v) is 10.3.